The molecular weight excluding hydrogens is 997 g/mol. The molecule has 363 valence electrons. The van der Waals surface area contributed by atoms with E-state index in [-0.39, 0.29) is 0 Å². The van der Waals surface area contributed by atoms with Gasteiger partial charge < -0.3 is 16.5 Å². The van der Waals surface area contributed by atoms with Crippen LogP contribution in [0.5, 0.6) is 0 Å². The zero-order valence-electron chi connectivity index (χ0n) is 41.4. The van der Waals surface area contributed by atoms with Crippen molar-refractivity contribution in [3.8, 4) is 0 Å². The van der Waals surface area contributed by atoms with E-state index in [2.05, 4.69) is 334 Å². The fourth-order valence-electron chi connectivity index (χ4n) is 10.3. The molecule has 1 radical (unpaired) electrons. The Hall–Kier alpha value is -7.66. The molecule has 0 aliphatic heterocycles. The summed E-state index contributed by atoms with van der Waals surface area (Å²) in [6.07, 6.45) is 0. The number of benzene rings is 11. The lowest BCUT2D eigenvalue weighted by molar-refractivity contribution is 0.345. The lowest BCUT2D eigenvalue weighted by atomic mass is 10.3. The molecule has 0 aromatic heterocycles. The van der Waals surface area contributed by atoms with Crippen LogP contribution in [0.25, 0.3) is 0 Å². The predicted octanol–water partition coefficient (Wildman–Crippen LogP) is 7.30. The van der Waals surface area contributed by atoms with Crippen LogP contribution in [-0.4, -0.2) is 43.0 Å². The Labute approximate surface area is 447 Å². The van der Waals surface area contributed by atoms with Gasteiger partial charge in [0.25, 0.3) is 16.6 Å². The van der Waals surface area contributed by atoms with Gasteiger partial charge in [-0.2, -0.15) is 0 Å². The topological polar surface area (TPSA) is 36.9 Å². The van der Waals surface area contributed by atoms with E-state index in [1.165, 1.54) is 0 Å². The van der Waals surface area contributed by atoms with Crippen LogP contribution in [0.2, 0.25) is 0 Å². The highest BCUT2D eigenvalue weighted by molar-refractivity contribution is 7.16. The van der Waals surface area contributed by atoms with Gasteiger partial charge >= 0.3 is 26.4 Å². The summed E-state index contributed by atoms with van der Waals surface area (Å²) in [4.78, 5) is 0. The Morgan fingerprint density at radius 3 is 0.533 bits per heavy atom. The summed E-state index contributed by atoms with van der Waals surface area (Å²) in [5.74, 6) is 0. The third-order valence-electron chi connectivity index (χ3n) is 13.8. The first kappa shape index (κ1) is 49.6. The highest BCUT2D eigenvalue weighted by Gasteiger charge is 2.59. The Morgan fingerprint density at radius 1 is 0.187 bits per heavy atom. The molecule has 0 bridgehead atoms. The molecule has 75 heavy (non-hydrogen) atoms. The summed E-state index contributed by atoms with van der Waals surface area (Å²) in [6.45, 7) is 0. The van der Waals surface area contributed by atoms with Crippen molar-refractivity contribution in [2.75, 3.05) is 0 Å². The van der Waals surface area contributed by atoms with Crippen molar-refractivity contribution in [2.45, 2.75) is 0 Å². The Balaban J connectivity index is 1.23. The van der Waals surface area contributed by atoms with Gasteiger partial charge in [0.2, 0.25) is 0 Å². The van der Waals surface area contributed by atoms with E-state index in [1.807, 2.05) is 0 Å². The molecule has 0 N–H and O–H groups in total. The first-order chi connectivity index (χ1) is 37.1. The van der Waals surface area contributed by atoms with Gasteiger partial charge in [-0.15, -0.1) is 0 Å². The third kappa shape index (κ3) is 9.93. The first-order valence-electron chi connectivity index (χ1n) is 25.4. The van der Waals surface area contributed by atoms with Crippen molar-refractivity contribution in [2.24, 2.45) is 0 Å². The van der Waals surface area contributed by atoms with Crippen molar-refractivity contribution in [3.63, 3.8) is 0 Å². The molecule has 0 saturated heterocycles. The average molecular weight is 1050 g/mol. The summed E-state index contributed by atoms with van der Waals surface area (Å²) in [5, 5.41) is 11.4. The highest BCUT2D eigenvalue weighted by atomic mass is 28.5. The van der Waals surface area contributed by atoms with Gasteiger partial charge in [0.1, 0.15) is 0 Å². The molecule has 9 heteroatoms. The maximum absolute atomic E-state index is 8.73. The highest BCUT2D eigenvalue weighted by Crippen LogP contribution is 2.25. The van der Waals surface area contributed by atoms with Gasteiger partial charge in [-0.05, 0) is 57.1 Å². The normalized spacial score (nSPS) is 12.1. The molecule has 0 fully saturated rings. The zero-order chi connectivity index (χ0) is 50.6. The van der Waals surface area contributed by atoms with Crippen LogP contribution in [0.15, 0.2) is 334 Å². The zero-order valence-corrected chi connectivity index (χ0v) is 46.4. The van der Waals surface area contributed by atoms with Gasteiger partial charge in [-0.3, -0.25) is 0 Å². The molecule has 0 unspecified atom stereocenters. The van der Waals surface area contributed by atoms with Gasteiger partial charge in [0.15, 0.2) is 0 Å². The van der Waals surface area contributed by atoms with Gasteiger partial charge in [0.05, 0.1) is 0 Å². The van der Waals surface area contributed by atoms with Crippen LogP contribution in [0.4, 0.5) is 0 Å². The molecule has 0 heterocycles. The maximum Gasteiger partial charge on any atom is 0.405 e. The molecule has 11 aromatic carbocycles. The minimum atomic E-state index is -4.07. The maximum atomic E-state index is 8.73. The largest absolute Gasteiger partial charge is 0.419 e. The molecule has 0 amide bonds. The van der Waals surface area contributed by atoms with Gasteiger partial charge in [-0.1, -0.05) is 334 Å². The molecule has 0 aliphatic carbocycles. The summed E-state index contributed by atoms with van der Waals surface area (Å²) in [5.41, 5.74) is 0. The van der Waals surface area contributed by atoms with Crippen molar-refractivity contribution in [3.05, 3.63) is 334 Å². The summed E-state index contributed by atoms with van der Waals surface area (Å²) < 4.78 is 34.6. The molecular formula is C66H55O4Si5. The van der Waals surface area contributed by atoms with Gasteiger partial charge in [-0.25, -0.2) is 0 Å². The van der Waals surface area contributed by atoms with Gasteiger partial charge in [0, 0.05) is 0 Å². The van der Waals surface area contributed by atoms with Crippen molar-refractivity contribution >= 4 is 100 Å². The third-order valence-corrected chi connectivity index (χ3v) is 34.4. The Bertz CT molecular complexity index is 2980. The van der Waals surface area contributed by atoms with E-state index in [0.29, 0.717) is 0 Å². The number of hydrogen-bond acceptors (Lipinski definition) is 4. The Morgan fingerprint density at radius 2 is 0.347 bits per heavy atom. The van der Waals surface area contributed by atoms with Crippen molar-refractivity contribution in [1.29, 1.82) is 0 Å². The van der Waals surface area contributed by atoms with Crippen LogP contribution in [0.1, 0.15) is 0 Å². The molecule has 0 aliphatic rings. The fourth-order valence-corrected chi connectivity index (χ4v) is 34.6. The first-order valence-corrected chi connectivity index (χ1v) is 34.2. The van der Waals surface area contributed by atoms with Crippen LogP contribution in [0, 0.1) is 0 Å². The second-order valence-corrected chi connectivity index (χ2v) is 33.7. The molecule has 4 nitrogen and oxygen atoms in total. The predicted molar refractivity (Wildman–Crippen MR) is 320 cm³/mol. The second kappa shape index (κ2) is 22.8. The fraction of sp³-hybridized carbons (Fsp3) is 0. The monoisotopic (exact) mass is 1050 g/mol. The summed E-state index contributed by atoms with van der Waals surface area (Å²) >= 11 is 0. The van der Waals surface area contributed by atoms with E-state index < -0.39 is 43.0 Å². The minimum Gasteiger partial charge on any atom is -0.419 e. The summed E-state index contributed by atoms with van der Waals surface area (Å²) in [7, 11) is -18.0. The lowest BCUT2D eigenvalue weighted by Crippen LogP contribution is -2.81. The van der Waals surface area contributed by atoms with E-state index >= 15 is 0 Å². The standard InChI is InChI=1S/C66H55O4Si5/c1-12-34-56(35-13-1)71(67-74(63-48-26-8-27-49-63,64-50-28-9-29-51-64)69-72(57-36-14-2-15-37-57,58-38-16-3-17-39-58)59-40-18-4-19-41-59)68-75(65-52-30-10-31-53-65,66-54-32-11-33-55-66)70-73(60-42-20-5-21-43-60,61-44-22-6-23-45-61)62-46-24-7-25-47-62/h1-55H. The van der Waals surface area contributed by atoms with Crippen LogP contribution in [-0.2, 0) is 16.5 Å². The number of rotatable bonds is 19. The lowest BCUT2D eigenvalue weighted by Gasteiger charge is -2.46. The molecule has 11 rings (SSSR count). The smallest absolute Gasteiger partial charge is 0.405 e. The van der Waals surface area contributed by atoms with E-state index in [9.17, 15) is 0 Å². The van der Waals surface area contributed by atoms with Crippen molar-refractivity contribution in [1.82, 2.24) is 0 Å². The minimum absolute atomic E-state index is 0.931. The van der Waals surface area contributed by atoms with E-state index in [4.69, 9.17) is 16.5 Å². The van der Waals surface area contributed by atoms with E-state index in [1.54, 1.807) is 0 Å². The molecule has 0 saturated carbocycles. The second-order valence-electron chi connectivity index (χ2n) is 18.3. The van der Waals surface area contributed by atoms with Crippen molar-refractivity contribution < 1.29 is 16.5 Å². The van der Waals surface area contributed by atoms with Crippen LogP contribution < -0.4 is 57.1 Å². The molecule has 0 atom stereocenters. The summed E-state index contributed by atoms with van der Waals surface area (Å²) in [6, 6.07) is 118. The average Bonchev–Trinajstić information content (AvgIpc) is 3.51. The van der Waals surface area contributed by atoms with Crippen LogP contribution >= 0.6 is 0 Å². The Kier molecular flexibility index (Phi) is 15.1. The van der Waals surface area contributed by atoms with E-state index in [0.717, 1.165) is 57.1 Å². The quantitative estimate of drug-likeness (QED) is 0.0631. The molecule has 0 spiro atoms. The SMILES string of the molecule is c1ccc([Si](O[Si](O[Si](c2ccccc2)(c2ccccc2)c2ccccc2)(c2ccccc2)c2ccccc2)O[Si](O[Si](c2ccccc2)(c2ccccc2)c2ccccc2)(c2ccccc2)c2ccccc2)cc1. The number of hydrogen-bond donors (Lipinski definition) is 0. The van der Waals surface area contributed by atoms with Crippen LogP contribution in [0.3, 0.4) is 0 Å². The molecule has 11 aromatic rings.